The van der Waals surface area contributed by atoms with Crippen LogP contribution in [0.1, 0.15) is 73.6 Å². The molecule has 6 aliphatic heterocycles. The lowest BCUT2D eigenvalue weighted by molar-refractivity contribution is -0.331. The van der Waals surface area contributed by atoms with Gasteiger partial charge < -0.3 is 28.4 Å². The van der Waals surface area contributed by atoms with E-state index in [9.17, 15) is 19.2 Å². The van der Waals surface area contributed by atoms with E-state index < -0.39 is 93.9 Å². The van der Waals surface area contributed by atoms with Crippen LogP contribution in [0.4, 0.5) is 0 Å². The van der Waals surface area contributed by atoms with Crippen LogP contribution in [-0.4, -0.2) is 76.5 Å². The van der Waals surface area contributed by atoms with Crippen molar-refractivity contribution in [3.8, 4) is 0 Å². The number of esters is 3. The fraction of sp³-hybridized carbons (Fsp3) is 0.839. The van der Waals surface area contributed by atoms with Crippen molar-refractivity contribution in [1.82, 2.24) is 0 Å². The van der Waals surface area contributed by atoms with Crippen LogP contribution in [0, 0.1) is 40.9 Å². The number of ether oxygens (including phenoxy) is 6. The first-order chi connectivity index (χ1) is 19.6. The SMILES string of the molecule is CC(=O)O[C@H]1C[C@H]2C(C)(C)O[C@@H]3CC(=O)O[C@@]32C[C@]23CC[C@]4(C)C(=O)[C@@H](C)[C@@H]5[C@H]6OC(=O)C(C)[C@@H]6O[C@](O2)(C(=O)[C@H]13)[C@@H]54. The molecule has 0 amide bonds. The Bertz CT molecular complexity index is 1360. The summed E-state index contributed by atoms with van der Waals surface area (Å²) >= 11 is 0. The van der Waals surface area contributed by atoms with Crippen LogP contribution in [-0.2, 0) is 52.4 Å². The van der Waals surface area contributed by atoms with E-state index in [0.717, 1.165) is 0 Å². The number of hydrogen-bond acceptors (Lipinski definition) is 11. The summed E-state index contributed by atoms with van der Waals surface area (Å²) in [6, 6.07) is 0. The number of fused-ring (bicyclic) bond motifs is 2. The quantitative estimate of drug-likeness (QED) is 0.329. The zero-order chi connectivity index (χ0) is 29.9. The topological polar surface area (TPSA) is 141 Å². The first-order valence-corrected chi connectivity index (χ1v) is 15.3. The Labute approximate surface area is 243 Å². The van der Waals surface area contributed by atoms with Gasteiger partial charge in [-0.3, -0.25) is 24.0 Å². The molecule has 0 aromatic heterocycles. The van der Waals surface area contributed by atoms with Gasteiger partial charge in [0.25, 0.3) is 0 Å². The zero-order valence-corrected chi connectivity index (χ0v) is 24.8. The van der Waals surface area contributed by atoms with E-state index in [4.69, 9.17) is 28.4 Å². The van der Waals surface area contributed by atoms with E-state index in [0.29, 0.717) is 12.8 Å². The third-order valence-electron chi connectivity index (χ3n) is 12.6. The fourth-order valence-corrected chi connectivity index (χ4v) is 11.1. The molecule has 6 heterocycles. The number of carbonyl (C=O) groups is 5. The summed E-state index contributed by atoms with van der Waals surface area (Å²) in [5, 5.41) is 0. The highest BCUT2D eigenvalue weighted by molar-refractivity contribution is 5.97. The molecule has 8 fully saturated rings. The van der Waals surface area contributed by atoms with E-state index >= 15 is 4.79 Å². The Balaban J connectivity index is 1.34. The monoisotopic (exact) mass is 586 g/mol. The minimum atomic E-state index is -1.85. The molecule has 14 atom stereocenters. The molecule has 2 aliphatic carbocycles. The van der Waals surface area contributed by atoms with Crippen molar-refractivity contribution in [2.24, 2.45) is 40.9 Å². The molecule has 6 saturated heterocycles. The standard InChI is InChI=1S/C31H38O11/c1-12-19-22-21(13(2)26(36)38-22)41-31-23(19)28(6,24(12)34)7-8-29(42-31)11-30-16(9-15(37-14(3)32)20(29)25(31)35)27(4,5)39-17(30)10-18(33)40-30/h12-13,15-17,19-23H,7-11H2,1-6H3/t12-,13?,15-,16-,17+,19+,20-,21-,22+,23-,28-,29-,30+,31+/m0/s1. The maximum Gasteiger partial charge on any atom is 0.311 e. The van der Waals surface area contributed by atoms with Crippen molar-refractivity contribution < 1.29 is 52.4 Å². The van der Waals surface area contributed by atoms with Crippen LogP contribution >= 0.6 is 0 Å². The predicted octanol–water partition coefficient (Wildman–Crippen LogP) is 2.05. The van der Waals surface area contributed by atoms with Crippen molar-refractivity contribution in [2.45, 2.75) is 121 Å². The number of hydrogen-bond donors (Lipinski definition) is 0. The summed E-state index contributed by atoms with van der Waals surface area (Å²) in [6.45, 7) is 10.6. The van der Waals surface area contributed by atoms with Gasteiger partial charge in [-0.25, -0.2) is 0 Å². The lowest BCUT2D eigenvalue weighted by Gasteiger charge is -2.50. The molecule has 11 heteroatoms. The lowest BCUT2D eigenvalue weighted by Crippen LogP contribution is -2.64. The van der Waals surface area contributed by atoms with Gasteiger partial charge in [0.15, 0.2) is 0 Å². The van der Waals surface area contributed by atoms with Gasteiger partial charge in [0.2, 0.25) is 11.6 Å². The average Bonchev–Trinajstić information content (AvgIpc) is 3.49. The van der Waals surface area contributed by atoms with Crippen molar-refractivity contribution in [2.75, 3.05) is 0 Å². The Morgan fingerprint density at radius 2 is 1.69 bits per heavy atom. The zero-order valence-electron chi connectivity index (χ0n) is 24.8. The van der Waals surface area contributed by atoms with Crippen LogP contribution in [0.5, 0.6) is 0 Å². The fourth-order valence-electron chi connectivity index (χ4n) is 11.1. The van der Waals surface area contributed by atoms with Crippen LogP contribution in [0.15, 0.2) is 0 Å². The lowest BCUT2D eigenvalue weighted by atomic mass is 9.60. The first kappa shape index (κ1) is 27.2. The summed E-state index contributed by atoms with van der Waals surface area (Å²) in [7, 11) is 0. The highest BCUT2D eigenvalue weighted by Gasteiger charge is 2.84. The summed E-state index contributed by atoms with van der Waals surface area (Å²) < 4.78 is 38.3. The van der Waals surface area contributed by atoms with Crippen molar-refractivity contribution in [3.05, 3.63) is 0 Å². The third kappa shape index (κ3) is 2.91. The Morgan fingerprint density at radius 1 is 0.952 bits per heavy atom. The number of carbonyl (C=O) groups excluding carboxylic acids is 5. The molecule has 1 unspecified atom stereocenters. The average molecular weight is 587 g/mol. The predicted molar refractivity (Wildman–Crippen MR) is 138 cm³/mol. The van der Waals surface area contributed by atoms with Gasteiger partial charge in [-0.15, -0.1) is 0 Å². The first-order valence-electron chi connectivity index (χ1n) is 15.3. The highest BCUT2D eigenvalue weighted by Crippen LogP contribution is 2.71. The van der Waals surface area contributed by atoms with Gasteiger partial charge in [0.1, 0.15) is 35.8 Å². The largest absolute Gasteiger partial charge is 0.462 e. The maximum atomic E-state index is 15.1. The minimum absolute atomic E-state index is 0.00493. The van der Waals surface area contributed by atoms with E-state index in [1.807, 2.05) is 27.7 Å². The highest BCUT2D eigenvalue weighted by atomic mass is 16.7. The number of Topliss-reactive ketones (excluding diaryl/α,β-unsaturated/α-hetero) is 2. The Hall–Kier alpha value is -2.37. The van der Waals surface area contributed by atoms with Gasteiger partial charge >= 0.3 is 17.9 Å². The smallest absolute Gasteiger partial charge is 0.311 e. The molecule has 228 valence electrons. The maximum absolute atomic E-state index is 15.1. The van der Waals surface area contributed by atoms with E-state index in [2.05, 4.69) is 0 Å². The molecule has 0 N–H and O–H groups in total. The van der Waals surface area contributed by atoms with Crippen molar-refractivity contribution in [1.29, 1.82) is 0 Å². The van der Waals surface area contributed by atoms with Gasteiger partial charge in [-0.05, 0) is 40.0 Å². The van der Waals surface area contributed by atoms with Crippen LogP contribution in [0.3, 0.4) is 0 Å². The molecular formula is C31H38O11. The molecular weight excluding hydrogens is 548 g/mol. The Kier molecular flexibility index (Phi) is 5.06. The molecule has 2 saturated carbocycles. The molecule has 3 spiro atoms. The normalized spacial score (nSPS) is 56.3. The third-order valence-corrected chi connectivity index (χ3v) is 12.6. The second-order valence-corrected chi connectivity index (χ2v) is 15.0. The second kappa shape index (κ2) is 7.82. The van der Waals surface area contributed by atoms with Gasteiger partial charge in [0.05, 0.1) is 29.5 Å². The number of ketones is 2. The molecule has 11 nitrogen and oxygen atoms in total. The van der Waals surface area contributed by atoms with Crippen LogP contribution < -0.4 is 0 Å². The molecule has 2 bridgehead atoms. The molecule has 8 aliphatic rings. The molecule has 8 rings (SSSR count). The van der Waals surface area contributed by atoms with Gasteiger partial charge in [0, 0.05) is 42.4 Å². The van der Waals surface area contributed by atoms with E-state index in [-0.39, 0.29) is 42.7 Å². The molecule has 0 aromatic carbocycles. The molecule has 42 heavy (non-hydrogen) atoms. The van der Waals surface area contributed by atoms with Crippen molar-refractivity contribution >= 4 is 29.5 Å². The van der Waals surface area contributed by atoms with E-state index in [1.165, 1.54) is 6.92 Å². The van der Waals surface area contributed by atoms with E-state index in [1.54, 1.807) is 6.92 Å². The summed E-state index contributed by atoms with van der Waals surface area (Å²) in [4.78, 5) is 67.4. The van der Waals surface area contributed by atoms with Crippen molar-refractivity contribution in [3.63, 3.8) is 0 Å². The molecule has 0 aromatic rings. The van der Waals surface area contributed by atoms with Gasteiger partial charge in [-0.1, -0.05) is 13.8 Å². The number of rotatable bonds is 1. The van der Waals surface area contributed by atoms with Crippen LogP contribution in [0.25, 0.3) is 0 Å². The summed E-state index contributed by atoms with van der Waals surface area (Å²) in [5.41, 5.74) is -4.07. The Morgan fingerprint density at radius 3 is 2.40 bits per heavy atom. The van der Waals surface area contributed by atoms with Gasteiger partial charge in [-0.2, -0.15) is 0 Å². The summed E-state index contributed by atoms with van der Waals surface area (Å²) in [6.07, 6.45) is -1.74. The van der Waals surface area contributed by atoms with Crippen LogP contribution in [0.2, 0.25) is 0 Å². The molecule has 0 radical (unpaired) electrons. The minimum Gasteiger partial charge on any atom is -0.462 e. The second-order valence-electron chi connectivity index (χ2n) is 15.0. The summed E-state index contributed by atoms with van der Waals surface area (Å²) in [5.74, 6) is -7.14.